The minimum atomic E-state index is -1.45. The Morgan fingerprint density at radius 1 is 0.833 bits per heavy atom. The second-order valence-corrected chi connectivity index (χ2v) is 11.0. The summed E-state index contributed by atoms with van der Waals surface area (Å²) in [5.74, 6) is -4.94. The van der Waals surface area contributed by atoms with Gasteiger partial charge in [-0.2, -0.15) is 0 Å². The lowest BCUT2D eigenvalue weighted by Crippen LogP contribution is -2.41. The molecule has 0 radical (unpaired) electrons. The number of carbonyl (C=O) groups is 5. The number of nitrogens with one attached hydrogen (secondary N) is 1. The summed E-state index contributed by atoms with van der Waals surface area (Å²) in [6.07, 6.45) is -1.64. The van der Waals surface area contributed by atoms with Crippen molar-refractivity contribution in [2.75, 3.05) is 24.6 Å². The number of ether oxygens (including phenoxy) is 2. The number of nitrogens with zero attached hydrogens (tertiary/aromatic N) is 1. The molecule has 1 aliphatic carbocycles. The third kappa shape index (κ3) is 7.78. The number of hydrogen-bond acceptors (Lipinski definition) is 10. The van der Waals surface area contributed by atoms with Gasteiger partial charge < -0.3 is 39.4 Å². The Morgan fingerprint density at radius 3 is 2.06 bits per heavy atom. The largest absolute Gasteiger partial charge is 0.480 e. The van der Waals surface area contributed by atoms with E-state index in [4.69, 9.17) is 24.1 Å². The zero-order valence-corrected chi connectivity index (χ0v) is 25.3. The summed E-state index contributed by atoms with van der Waals surface area (Å²) < 4.78 is 15.9. The van der Waals surface area contributed by atoms with Gasteiger partial charge in [-0.1, -0.05) is 48.5 Å². The third-order valence-corrected chi connectivity index (χ3v) is 7.79. The van der Waals surface area contributed by atoms with Crippen molar-refractivity contribution in [1.29, 1.82) is 0 Å². The van der Waals surface area contributed by atoms with Crippen LogP contribution in [0, 0.1) is 0 Å². The third-order valence-electron chi connectivity index (χ3n) is 7.79. The van der Waals surface area contributed by atoms with Gasteiger partial charge in [0.25, 0.3) is 0 Å². The molecule has 0 bridgehead atoms. The van der Waals surface area contributed by atoms with Gasteiger partial charge in [0.05, 0.1) is 0 Å². The molecule has 48 heavy (non-hydrogen) atoms. The average molecular weight is 659 g/mol. The van der Waals surface area contributed by atoms with E-state index in [1.807, 2.05) is 48.5 Å². The van der Waals surface area contributed by atoms with Crippen molar-refractivity contribution in [2.45, 2.75) is 31.4 Å². The van der Waals surface area contributed by atoms with Crippen LogP contribution in [0.4, 0.5) is 10.5 Å². The van der Waals surface area contributed by atoms with Crippen molar-refractivity contribution in [3.8, 4) is 11.1 Å². The summed E-state index contributed by atoms with van der Waals surface area (Å²) in [6.45, 7) is -1.64. The SMILES string of the molecule is O=C(O)CN(CC(=O)O)c1ccc2c(COC(=O)CC[C@H](NC(=O)OCC3c4ccccc4-c4ccccc43)C(=O)O)cc(=O)oc2c1. The van der Waals surface area contributed by atoms with Gasteiger partial charge in [-0.05, 0) is 40.8 Å². The second-order valence-electron chi connectivity index (χ2n) is 11.0. The number of carbonyl (C=O) groups excluding carboxylic acids is 2. The van der Waals surface area contributed by atoms with E-state index in [0.717, 1.165) is 33.2 Å². The predicted molar refractivity (Wildman–Crippen MR) is 169 cm³/mol. The van der Waals surface area contributed by atoms with Crippen molar-refractivity contribution < 1.29 is 53.2 Å². The van der Waals surface area contributed by atoms with Crippen LogP contribution in [0.15, 0.2) is 82.0 Å². The number of hydrogen-bond donors (Lipinski definition) is 4. The fourth-order valence-electron chi connectivity index (χ4n) is 5.63. The van der Waals surface area contributed by atoms with Gasteiger partial charge in [0, 0.05) is 41.1 Å². The maximum atomic E-state index is 12.6. The molecule has 0 fully saturated rings. The molecule has 14 heteroatoms. The van der Waals surface area contributed by atoms with E-state index in [1.165, 1.54) is 18.2 Å². The molecule has 4 aromatic rings. The molecule has 0 unspecified atom stereocenters. The van der Waals surface area contributed by atoms with Gasteiger partial charge in [0.1, 0.15) is 37.9 Å². The van der Waals surface area contributed by atoms with Crippen molar-refractivity contribution in [3.63, 3.8) is 0 Å². The van der Waals surface area contributed by atoms with E-state index < -0.39 is 54.7 Å². The number of aliphatic carboxylic acids is 3. The summed E-state index contributed by atoms with van der Waals surface area (Å²) in [7, 11) is 0. The normalized spacial score (nSPS) is 12.4. The second kappa shape index (κ2) is 14.5. The number of carboxylic acids is 3. The van der Waals surface area contributed by atoms with Gasteiger partial charge in [0.2, 0.25) is 0 Å². The Kier molecular flexibility index (Phi) is 10.0. The quantitative estimate of drug-likeness (QED) is 0.113. The molecule has 5 rings (SSSR count). The van der Waals surface area contributed by atoms with Crippen molar-refractivity contribution in [1.82, 2.24) is 5.32 Å². The molecule has 1 heterocycles. The number of benzene rings is 3. The van der Waals surface area contributed by atoms with Gasteiger partial charge in [-0.3, -0.25) is 14.4 Å². The van der Waals surface area contributed by atoms with Gasteiger partial charge in [-0.15, -0.1) is 0 Å². The Morgan fingerprint density at radius 2 is 1.46 bits per heavy atom. The lowest BCUT2D eigenvalue weighted by molar-refractivity contribution is -0.146. The smallest absolute Gasteiger partial charge is 0.407 e. The number of fused-ring (bicyclic) bond motifs is 4. The van der Waals surface area contributed by atoms with E-state index in [2.05, 4.69) is 5.32 Å². The molecule has 0 spiro atoms. The van der Waals surface area contributed by atoms with Crippen LogP contribution < -0.4 is 15.8 Å². The number of amides is 1. The first-order valence-corrected chi connectivity index (χ1v) is 14.8. The van der Waals surface area contributed by atoms with Crippen LogP contribution in [0.1, 0.15) is 35.4 Å². The fraction of sp³-hybridized carbons (Fsp3) is 0.235. The highest BCUT2D eigenvalue weighted by molar-refractivity contribution is 5.87. The minimum Gasteiger partial charge on any atom is -0.480 e. The molecule has 0 saturated heterocycles. The van der Waals surface area contributed by atoms with Crippen molar-refractivity contribution >= 4 is 46.6 Å². The van der Waals surface area contributed by atoms with E-state index in [0.29, 0.717) is 5.39 Å². The number of rotatable bonds is 14. The summed E-state index contributed by atoms with van der Waals surface area (Å²) >= 11 is 0. The van der Waals surface area contributed by atoms with Crippen molar-refractivity contribution in [2.24, 2.45) is 0 Å². The minimum absolute atomic E-state index is 0.00469. The molecule has 1 atom stereocenters. The topological polar surface area (TPSA) is 210 Å². The average Bonchev–Trinajstić information content (AvgIpc) is 3.36. The Balaban J connectivity index is 1.17. The lowest BCUT2D eigenvalue weighted by atomic mass is 9.98. The Bertz CT molecular complexity index is 1890. The first-order valence-electron chi connectivity index (χ1n) is 14.8. The van der Waals surface area contributed by atoms with Gasteiger partial charge >= 0.3 is 35.6 Å². The summed E-state index contributed by atoms with van der Waals surface area (Å²) in [4.78, 5) is 72.7. The van der Waals surface area contributed by atoms with Crippen LogP contribution >= 0.6 is 0 Å². The first-order chi connectivity index (χ1) is 23.0. The van der Waals surface area contributed by atoms with Crippen LogP contribution in [0.2, 0.25) is 0 Å². The summed E-state index contributed by atoms with van der Waals surface area (Å²) in [6, 6.07) is 19.4. The zero-order valence-electron chi connectivity index (χ0n) is 25.3. The fourth-order valence-corrected chi connectivity index (χ4v) is 5.63. The Labute approximate surface area is 272 Å². The van der Waals surface area contributed by atoms with Crippen LogP contribution in [0.25, 0.3) is 22.1 Å². The monoisotopic (exact) mass is 658 g/mol. The highest BCUT2D eigenvalue weighted by Crippen LogP contribution is 2.44. The molecule has 3 aromatic carbocycles. The highest BCUT2D eigenvalue weighted by Gasteiger charge is 2.30. The molecule has 1 aliphatic rings. The molecule has 1 aromatic heterocycles. The first kappa shape index (κ1) is 33.2. The van der Waals surface area contributed by atoms with E-state index in [-0.39, 0.29) is 48.8 Å². The number of anilines is 1. The van der Waals surface area contributed by atoms with Crippen LogP contribution in [0.3, 0.4) is 0 Å². The highest BCUT2D eigenvalue weighted by atomic mass is 16.5. The molecule has 0 aliphatic heterocycles. The number of alkyl carbamates (subject to hydrolysis) is 1. The van der Waals surface area contributed by atoms with Gasteiger partial charge in [-0.25, -0.2) is 14.4 Å². The molecule has 14 nitrogen and oxygen atoms in total. The molecule has 4 N–H and O–H groups in total. The molecular weight excluding hydrogens is 628 g/mol. The lowest BCUT2D eigenvalue weighted by Gasteiger charge is -2.21. The Hall–Kier alpha value is -6.18. The van der Waals surface area contributed by atoms with Gasteiger partial charge in [0.15, 0.2) is 0 Å². The van der Waals surface area contributed by atoms with E-state index in [9.17, 15) is 33.9 Å². The molecule has 1 amide bonds. The van der Waals surface area contributed by atoms with E-state index in [1.54, 1.807) is 0 Å². The van der Waals surface area contributed by atoms with Crippen LogP contribution in [-0.2, 0) is 35.3 Å². The number of esters is 1. The zero-order chi connectivity index (χ0) is 34.4. The molecule has 248 valence electrons. The summed E-state index contributed by atoms with van der Waals surface area (Å²) in [5, 5.41) is 30.6. The maximum Gasteiger partial charge on any atom is 0.407 e. The van der Waals surface area contributed by atoms with Crippen LogP contribution in [0.5, 0.6) is 0 Å². The number of carboxylic acid groups (broad SMARTS) is 3. The van der Waals surface area contributed by atoms with Crippen molar-refractivity contribution in [3.05, 3.63) is 99.9 Å². The molecule has 0 saturated carbocycles. The van der Waals surface area contributed by atoms with Crippen LogP contribution in [-0.4, -0.2) is 71.0 Å². The summed E-state index contributed by atoms with van der Waals surface area (Å²) in [5.41, 5.74) is 3.69. The molecular formula is C34H30N2O12. The van der Waals surface area contributed by atoms with E-state index >= 15 is 0 Å². The predicted octanol–water partition coefficient (Wildman–Crippen LogP) is 3.58. The maximum absolute atomic E-state index is 12.6. The standard InChI is InChI=1S/C34H30N2O12/c37-29(38)15-36(16-30(39)40)20-9-10-21-19(13-32(42)48-28(21)14-20)17-46-31(41)12-11-27(33(43)44)35-34(45)47-18-26-24-7-3-1-5-22(24)23-6-2-4-8-25(23)26/h1-10,13-14,26-27H,11-12,15-18H2,(H,35,45)(H,37,38)(H,39,40)(H,43,44)/t27-/m0/s1.